The summed E-state index contributed by atoms with van der Waals surface area (Å²) in [4.78, 5) is 7.63. The smallest absolute Gasteiger partial charge is 0.240 e. The Morgan fingerprint density at radius 2 is 1.70 bits per heavy atom. The summed E-state index contributed by atoms with van der Waals surface area (Å²) in [7, 11) is -3.73. The lowest BCUT2D eigenvalue weighted by Crippen LogP contribution is -2.44. The molecule has 3 aromatic carbocycles. The first-order valence-corrected chi connectivity index (χ1v) is 15.7. The summed E-state index contributed by atoms with van der Waals surface area (Å²) in [5.74, 6) is 1.14. The molecule has 8 heteroatoms. The molecule has 3 unspecified atom stereocenters. The Kier molecular flexibility index (Phi) is 7.45. The molecule has 206 valence electrons. The van der Waals surface area contributed by atoms with E-state index >= 15 is 0 Å². The minimum absolute atomic E-state index is 0.0482. The Morgan fingerprint density at radius 3 is 2.45 bits per heavy atom. The Balaban J connectivity index is 1.15. The molecule has 3 atom stereocenters. The average Bonchev–Trinajstić information content (AvgIpc) is 3.43. The monoisotopic (exact) mass is 553 g/mol. The number of piperidine rings is 1. The number of nitrogens with zero attached hydrogens (tertiary/aromatic N) is 4. The second-order valence-electron chi connectivity index (χ2n) is 11.2. The van der Waals surface area contributed by atoms with Gasteiger partial charge in [0.05, 0.1) is 27.6 Å². The summed E-state index contributed by atoms with van der Waals surface area (Å²) < 4.78 is 31.5. The highest BCUT2D eigenvalue weighted by molar-refractivity contribution is 7.89. The van der Waals surface area contributed by atoms with Crippen LogP contribution in [-0.2, 0) is 10.0 Å². The van der Waals surface area contributed by atoms with Crippen molar-refractivity contribution in [3.05, 3.63) is 95.8 Å². The molecular formula is C32H35N5O2S. The molecule has 0 saturated carbocycles. The fourth-order valence-electron chi connectivity index (χ4n) is 6.89. The van der Waals surface area contributed by atoms with Crippen molar-refractivity contribution in [3.8, 4) is 6.07 Å². The number of hydrogen-bond donors (Lipinski definition) is 1. The third-order valence-electron chi connectivity index (χ3n) is 8.80. The van der Waals surface area contributed by atoms with Gasteiger partial charge in [-0.25, -0.2) is 18.1 Å². The summed E-state index contributed by atoms with van der Waals surface area (Å²) in [5.41, 5.74) is 3.77. The molecule has 2 aliphatic rings. The molecule has 2 fully saturated rings. The maximum Gasteiger partial charge on any atom is 0.240 e. The van der Waals surface area contributed by atoms with Gasteiger partial charge in [0, 0.05) is 24.7 Å². The molecule has 2 bridgehead atoms. The third-order valence-corrected chi connectivity index (χ3v) is 10.2. The number of sulfonamides is 1. The largest absolute Gasteiger partial charge is 0.325 e. The van der Waals surface area contributed by atoms with Gasteiger partial charge in [0.15, 0.2) is 0 Å². The molecule has 0 amide bonds. The van der Waals surface area contributed by atoms with E-state index in [0.29, 0.717) is 30.2 Å². The second-order valence-corrected chi connectivity index (χ2v) is 12.9. The normalized spacial score (nSPS) is 21.9. The van der Waals surface area contributed by atoms with E-state index in [-0.39, 0.29) is 10.8 Å². The van der Waals surface area contributed by atoms with Crippen molar-refractivity contribution >= 4 is 21.1 Å². The Bertz CT molecular complexity index is 1630. The van der Waals surface area contributed by atoms with Crippen molar-refractivity contribution in [2.45, 2.75) is 68.0 Å². The molecular weight excluding hydrogens is 518 g/mol. The van der Waals surface area contributed by atoms with Gasteiger partial charge in [0.25, 0.3) is 0 Å². The van der Waals surface area contributed by atoms with Gasteiger partial charge < -0.3 is 4.57 Å². The van der Waals surface area contributed by atoms with E-state index in [1.165, 1.54) is 30.5 Å². The van der Waals surface area contributed by atoms with E-state index in [2.05, 4.69) is 57.5 Å². The molecule has 1 N–H and O–H groups in total. The zero-order chi connectivity index (χ0) is 27.7. The lowest BCUT2D eigenvalue weighted by molar-refractivity contribution is 0.104. The van der Waals surface area contributed by atoms with Crippen LogP contribution in [0.1, 0.15) is 61.0 Å². The van der Waals surface area contributed by atoms with Crippen LogP contribution in [0, 0.1) is 18.3 Å². The fraction of sp³-hybridized carbons (Fsp3) is 0.375. The van der Waals surface area contributed by atoms with Crippen LogP contribution in [0.4, 0.5) is 0 Å². The van der Waals surface area contributed by atoms with Gasteiger partial charge in [-0.3, -0.25) is 4.90 Å². The molecule has 1 aromatic heterocycles. The predicted octanol–water partition coefficient (Wildman–Crippen LogP) is 5.54. The van der Waals surface area contributed by atoms with Gasteiger partial charge in [-0.2, -0.15) is 5.26 Å². The van der Waals surface area contributed by atoms with Gasteiger partial charge in [-0.1, -0.05) is 48.5 Å². The topological polar surface area (TPSA) is 91.0 Å². The Labute approximate surface area is 236 Å². The van der Waals surface area contributed by atoms with Gasteiger partial charge >= 0.3 is 0 Å². The van der Waals surface area contributed by atoms with Gasteiger partial charge in [-0.15, -0.1) is 0 Å². The van der Waals surface area contributed by atoms with Crippen molar-refractivity contribution in [2.24, 2.45) is 0 Å². The molecule has 6 rings (SSSR count). The van der Waals surface area contributed by atoms with E-state index < -0.39 is 10.0 Å². The predicted molar refractivity (Wildman–Crippen MR) is 156 cm³/mol. The van der Waals surface area contributed by atoms with Crippen molar-refractivity contribution in [2.75, 3.05) is 13.1 Å². The van der Waals surface area contributed by atoms with Crippen LogP contribution in [-0.4, -0.2) is 48.0 Å². The molecule has 3 heterocycles. The van der Waals surface area contributed by atoms with Crippen LogP contribution < -0.4 is 4.72 Å². The van der Waals surface area contributed by atoms with Crippen LogP contribution in [0.2, 0.25) is 0 Å². The van der Waals surface area contributed by atoms with Crippen molar-refractivity contribution in [1.29, 1.82) is 5.26 Å². The number of nitrogens with one attached hydrogen (secondary N) is 1. The summed E-state index contributed by atoms with van der Waals surface area (Å²) in [5, 5.41) is 9.19. The highest BCUT2D eigenvalue weighted by Crippen LogP contribution is 2.42. The van der Waals surface area contributed by atoms with Crippen LogP contribution in [0.3, 0.4) is 0 Å². The summed E-state index contributed by atoms with van der Waals surface area (Å²) in [6, 6.07) is 28.4. The van der Waals surface area contributed by atoms with Gasteiger partial charge in [0.1, 0.15) is 5.82 Å². The first-order chi connectivity index (χ1) is 19.4. The number of aromatic nitrogens is 2. The Hall–Kier alpha value is -3.51. The highest BCUT2D eigenvalue weighted by Gasteiger charge is 2.41. The minimum atomic E-state index is -3.73. The van der Waals surface area contributed by atoms with E-state index in [0.717, 1.165) is 42.7 Å². The maximum absolute atomic E-state index is 13.1. The minimum Gasteiger partial charge on any atom is -0.325 e. The first-order valence-electron chi connectivity index (χ1n) is 14.2. The standard InChI is InChI=1S/C32H35N5O2S/c1-23-35-31-12-5-6-13-32(31)37(23)29-19-27-14-15-28(20-29)36(27)17-16-26(25-9-3-2-4-10-25)22-34-40(38,39)30-11-7-8-24(18-30)21-33/h2-13,18,26-29,34H,14-17,19-20,22H2,1H3. The lowest BCUT2D eigenvalue weighted by atomic mass is 9.93. The van der Waals surface area contributed by atoms with Crippen LogP contribution >= 0.6 is 0 Å². The number of nitriles is 1. The number of benzene rings is 3. The maximum atomic E-state index is 13.1. The Morgan fingerprint density at radius 1 is 0.975 bits per heavy atom. The van der Waals surface area contributed by atoms with Crippen molar-refractivity contribution in [3.63, 3.8) is 0 Å². The van der Waals surface area contributed by atoms with E-state index in [1.54, 1.807) is 12.1 Å². The van der Waals surface area contributed by atoms with Crippen LogP contribution in [0.15, 0.2) is 83.8 Å². The zero-order valence-electron chi connectivity index (χ0n) is 22.8. The average molecular weight is 554 g/mol. The molecule has 4 aromatic rings. The van der Waals surface area contributed by atoms with Crippen LogP contribution in [0.25, 0.3) is 11.0 Å². The molecule has 0 spiro atoms. The third kappa shape index (κ3) is 5.29. The number of hydrogen-bond acceptors (Lipinski definition) is 5. The zero-order valence-corrected chi connectivity index (χ0v) is 23.6. The molecule has 7 nitrogen and oxygen atoms in total. The SMILES string of the molecule is Cc1nc2ccccc2n1C1CC2CCC(C1)N2CCC(CNS(=O)(=O)c1cccc(C#N)c1)c1ccccc1. The quantitative estimate of drug-likeness (QED) is 0.294. The van der Waals surface area contributed by atoms with E-state index in [1.807, 2.05) is 24.3 Å². The molecule has 2 aliphatic heterocycles. The van der Waals surface area contributed by atoms with Gasteiger partial charge in [0.2, 0.25) is 10.0 Å². The molecule has 0 aliphatic carbocycles. The van der Waals surface area contributed by atoms with Crippen molar-refractivity contribution in [1.82, 2.24) is 19.2 Å². The summed E-state index contributed by atoms with van der Waals surface area (Å²) >= 11 is 0. The number of fused-ring (bicyclic) bond motifs is 3. The molecule has 0 radical (unpaired) electrons. The fourth-order valence-corrected chi connectivity index (χ4v) is 8.02. The molecule has 2 saturated heterocycles. The lowest BCUT2D eigenvalue weighted by Gasteiger charge is -2.40. The van der Waals surface area contributed by atoms with E-state index in [4.69, 9.17) is 4.98 Å². The molecule has 40 heavy (non-hydrogen) atoms. The number of rotatable bonds is 9. The first kappa shape index (κ1) is 26.7. The van der Waals surface area contributed by atoms with E-state index in [9.17, 15) is 13.7 Å². The number of imidazole rings is 1. The number of para-hydroxylation sites is 2. The van der Waals surface area contributed by atoms with Crippen LogP contribution in [0.5, 0.6) is 0 Å². The van der Waals surface area contributed by atoms with Crippen molar-refractivity contribution < 1.29 is 8.42 Å². The summed E-state index contributed by atoms with van der Waals surface area (Å²) in [6.07, 6.45) is 5.54. The highest BCUT2D eigenvalue weighted by atomic mass is 32.2. The summed E-state index contributed by atoms with van der Waals surface area (Å²) in [6.45, 7) is 3.38. The number of aryl methyl sites for hydroxylation is 1. The second kappa shape index (κ2) is 11.2. The van der Waals surface area contributed by atoms with Gasteiger partial charge in [-0.05, 0) is 87.4 Å².